The van der Waals surface area contributed by atoms with Gasteiger partial charge in [0, 0.05) is 12.1 Å². The lowest BCUT2D eigenvalue weighted by atomic mass is 9.81. The van der Waals surface area contributed by atoms with Gasteiger partial charge in [-0.05, 0) is 36.8 Å². The monoisotopic (exact) mass is 314 g/mol. The van der Waals surface area contributed by atoms with E-state index in [1.807, 2.05) is 0 Å². The Morgan fingerprint density at radius 1 is 1.35 bits per heavy atom. The van der Waals surface area contributed by atoms with Crippen molar-refractivity contribution < 1.29 is 4.79 Å². The average molecular weight is 315 g/mol. The van der Waals surface area contributed by atoms with E-state index in [0.717, 1.165) is 18.3 Å². The summed E-state index contributed by atoms with van der Waals surface area (Å²) in [6.07, 6.45) is 6.27. The zero-order chi connectivity index (χ0) is 14.5. The standard InChI is InChI=1S/C15H20Cl2N2O/c1-10-3-2-4-11(7-10)5-6-18-15(20)12-8-13(16)19-14(17)9-12/h8-11H,2-7H2,1H3,(H,18,20). The van der Waals surface area contributed by atoms with Crippen molar-refractivity contribution in [2.24, 2.45) is 11.8 Å². The minimum Gasteiger partial charge on any atom is -0.352 e. The molecule has 20 heavy (non-hydrogen) atoms. The lowest BCUT2D eigenvalue weighted by molar-refractivity contribution is 0.0949. The van der Waals surface area contributed by atoms with Crippen LogP contribution in [0, 0.1) is 11.8 Å². The number of hydrogen-bond donors (Lipinski definition) is 1. The molecule has 0 aliphatic heterocycles. The van der Waals surface area contributed by atoms with Gasteiger partial charge in [0.25, 0.3) is 5.91 Å². The molecule has 1 amide bonds. The van der Waals surface area contributed by atoms with E-state index >= 15 is 0 Å². The van der Waals surface area contributed by atoms with Crippen molar-refractivity contribution in [1.29, 1.82) is 0 Å². The molecular formula is C15H20Cl2N2O. The number of carbonyl (C=O) groups excluding carboxylic acids is 1. The number of hydrogen-bond acceptors (Lipinski definition) is 2. The highest BCUT2D eigenvalue weighted by Gasteiger charge is 2.18. The summed E-state index contributed by atoms with van der Waals surface area (Å²) in [6.45, 7) is 3.01. The predicted octanol–water partition coefficient (Wildman–Crippen LogP) is 4.33. The summed E-state index contributed by atoms with van der Waals surface area (Å²) in [5.41, 5.74) is 0.465. The molecule has 1 aliphatic carbocycles. The highest BCUT2D eigenvalue weighted by molar-refractivity contribution is 6.33. The van der Waals surface area contributed by atoms with Crippen LogP contribution in [0.2, 0.25) is 10.3 Å². The van der Waals surface area contributed by atoms with Crippen LogP contribution >= 0.6 is 23.2 Å². The van der Waals surface area contributed by atoms with E-state index in [9.17, 15) is 4.79 Å². The largest absolute Gasteiger partial charge is 0.352 e. The summed E-state index contributed by atoms with van der Waals surface area (Å²) in [5.74, 6) is 1.42. The fourth-order valence-corrected chi connectivity index (χ4v) is 3.37. The Balaban J connectivity index is 1.80. The van der Waals surface area contributed by atoms with Crippen LogP contribution in [0.15, 0.2) is 12.1 Å². The number of rotatable bonds is 4. The summed E-state index contributed by atoms with van der Waals surface area (Å²) in [4.78, 5) is 15.8. The van der Waals surface area contributed by atoms with Crippen molar-refractivity contribution in [2.75, 3.05) is 6.54 Å². The van der Waals surface area contributed by atoms with Gasteiger partial charge in [0.1, 0.15) is 10.3 Å². The van der Waals surface area contributed by atoms with Gasteiger partial charge in [0.05, 0.1) is 0 Å². The number of amides is 1. The van der Waals surface area contributed by atoms with Crippen molar-refractivity contribution >= 4 is 29.1 Å². The normalized spacial score (nSPS) is 22.6. The first-order chi connectivity index (χ1) is 9.54. The third-order valence-corrected chi connectivity index (χ3v) is 4.30. The zero-order valence-corrected chi connectivity index (χ0v) is 13.2. The van der Waals surface area contributed by atoms with Crippen LogP contribution in [0.5, 0.6) is 0 Å². The van der Waals surface area contributed by atoms with Crippen LogP contribution in [0.1, 0.15) is 49.4 Å². The van der Waals surface area contributed by atoms with Crippen LogP contribution in [0.4, 0.5) is 0 Å². The lowest BCUT2D eigenvalue weighted by Gasteiger charge is -2.26. The zero-order valence-electron chi connectivity index (χ0n) is 11.7. The molecule has 0 bridgehead atoms. The molecule has 0 saturated heterocycles. The minimum atomic E-state index is -0.139. The average Bonchev–Trinajstić information content (AvgIpc) is 2.37. The Kier molecular flexibility index (Phi) is 5.67. The second-order valence-corrected chi connectivity index (χ2v) is 6.46. The first-order valence-electron chi connectivity index (χ1n) is 7.16. The quantitative estimate of drug-likeness (QED) is 0.840. The van der Waals surface area contributed by atoms with Crippen LogP contribution in [-0.2, 0) is 0 Å². The molecule has 1 aromatic heterocycles. The van der Waals surface area contributed by atoms with Crippen molar-refractivity contribution in [3.05, 3.63) is 28.0 Å². The lowest BCUT2D eigenvalue weighted by Crippen LogP contribution is -2.27. The predicted molar refractivity (Wildman–Crippen MR) is 82.3 cm³/mol. The van der Waals surface area contributed by atoms with Crippen LogP contribution in [0.25, 0.3) is 0 Å². The van der Waals surface area contributed by atoms with E-state index in [0.29, 0.717) is 12.1 Å². The van der Waals surface area contributed by atoms with Gasteiger partial charge in [-0.15, -0.1) is 0 Å². The molecule has 110 valence electrons. The van der Waals surface area contributed by atoms with Crippen molar-refractivity contribution in [2.45, 2.75) is 39.0 Å². The summed E-state index contributed by atoms with van der Waals surface area (Å²) < 4.78 is 0. The minimum absolute atomic E-state index is 0.139. The second-order valence-electron chi connectivity index (χ2n) is 5.68. The van der Waals surface area contributed by atoms with Crippen LogP contribution in [0.3, 0.4) is 0 Å². The van der Waals surface area contributed by atoms with Gasteiger partial charge >= 0.3 is 0 Å². The molecule has 0 aromatic carbocycles. The van der Waals surface area contributed by atoms with Gasteiger partial charge in [-0.2, -0.15) is 0 Å². The van der Waals surface area contributed by atoms with E-state index in [4.69, 9.17) is 23.2 Å². The fourth-order valence-electron chi connectivity index (χ4n) is 2.91. The number of nitrogens with one attached hydrogen (secondary N) is 1. The number of pyridine rings is 1. The van der Waals surface area contributed by atoms with Gasteiger partial charge in [0.15, 0.2) is 0 Å². The molecule has 1 aliphatic rings. The molecule has 3 nitrogen and oxygen atoms in total. The third kappa shape index (κ3) is 4.64. The molecular weight excluding hydrogens is 295 g/mol. The van der Waals surface area contributed by atoms with Gasteiger partial charge in [-0.3, -0.25) is 4.79 Å². The highest BCUT2D eigenvalue weighted by atomic mass is 35.5. The molecule has 5 heteroatoms. The number of halogens is 2. The number of carbonyl (C=O) groups is 1. The topological polar surface area (TPSA) is 42.0 Å². The number of aromatic nitrogens is 1. The highest BCUT2D eigenvalue weighted by Crippen LogP contribution is 2.30. The fraction of sp³-hybridized carbons (Fsp3) is 0.600. The maximum Gasteiger partial charge on any atom is 0.251 e. The van der Waals surface area contributed by atoms with E-state index < -0.39 is 0 Å². The van der Waals surface area contributed by atoms with Gasteiger partial charge in [0.2, 0.25) is 0 Å². The van der Waals surface area contributed by atoms with E-state index in [2.05, 4.69) is 17.2 Å². The van der Waals surface area contributed by atoms with Crippen LogP contribution in [-0.4, -0.2) is 17.4 Å². The molecule has 2 rings (SSSR count). The Labute approximate surface area is 130 Å². The Hall–Kier alpha value is -0.800. The van der Waals surface area contributed by atoms with Crippen LogP contribution < -0.4 is 5.32 Å². The maximum absolute atomic E-state index is 12.0. The Bertz CT molecular complexity index is 459. The summed E-state index contributed by atoms with van der Waals surface area (Å²) in [6, 6.07) is 3.07. The first kappa shape index (κ1) is 15.6. The molecule has 0 radical (unpaired) electrons. The van der Waals surface area contributed by atoms with E-state index in [1.54, 1.807) is 0 Å². The molecule has 1 N–H and O–H groups in total. The summed E-state index contributed by atoms with van der Waals surface area (Å²) in [7, 11) is 0. The number of nitrogens with zero attached hydrogens (tertiary/aromatic N) is 1. The van der Waals surface area contributed by atoms with E-state index in [1.165, 1.54) is 37.8 Å². The molecule has 2 unspecified atom stereocenters. The van der Waals surface area contributed by atoms with Gasteiger partial charge in [-0.25, -0.2) is 4.98 Å². The molecule has 0 spiro atoms. The Morgan fingerprint density at radius 2 is 2.05 bits per heavy atom. The first-order valence-corrected chi connectivity index (χ1v) is 7.91. The SMILES string of the molecule is CC1CCCC(CCNC(=O)c2cc(Cl)nc(Cl)c2)C1. The molecule has 1 saturated carbocycles. The Morgan fingerprint density at radius 3 is 2.70 bits per heavy atom. The van der Waals surface area contributed by atoms with Gasteiger partial charge in [-0.1, -0.05) is 49.4 Å². The van der Waals surface area contributed by atoms with Crippen molar-refractivity contribution in [3.8, 4) is 0 Å². The molecule has 2 atom stereocenters. The maximum atomic E-state index is 12.0. The second kappa shape index (κ2) is 7.28. The van der Waals surface area contributed by atoms with Gasteiger partial charge < -0.3 is 5.32 Å². The third-order valence-electron chi connectivity index (χ3n) is 3.91. The summed E-state index contributed by atoms with van der Waals surface area (Å²) >= 11 is 11.6. The smallest absolute Gasteiger partial charge is 0.251 e. The van der Waals surface area contributed by atoms with E-state index in [-0.39, 0.29) is 16.2 Å². The molecule has 1 aromatic rings. The molecule has 1 heterocycles. The van der Waals surface area contributed by atoms with Crippen molar-refractivity contribution in [1.82, 2.24) is 10.3 Å². The molecule has 1 fully saturated rings. The summed E-state index contributed by atoms with van der Waals surface area (Å²) in [5, 5.41) is 3.41. The van der Waals surface area contributed by atoms with Crippen molar-refractivity contribution in [3.63, 3.8) is 0 Å².